The maximum Gasteiger partial charge on any atom is 0.310 e. The molecule has 3 rings (SSSR count). The van der Waals surface area contributed by atoms with Crippen LogP contribution >= 0.6 is 0 Å². The van der Waals surface area contributed by atoms with Gasteiger partial charge in [0.25, 0.3) is 5.91 Å². The molecule has 0 atom stereocenters. The Morgan fingerprint density at radius 1 is 0.903 bits per heavy atom. The predicted octanol–water partition coefficient (Wildman–Crippen LogP) is 3.81. The first-order chi connectivity index (χ1) is 15.1. The molecule has 2 aromatic rings. The number of rotatable bonds is 8. The summed E-state index contributed by atoms with van der Waals surface area (Å²) in [5.74, 6) is 0.261. The van der Waals surface area contributed by atoms with Gasteiger partial charge < -0.3 is 24.4 Å². The number of nitrogens with one attached hydrogen (secondary N) is 1. The Balaban J connectivity index is 1.45. The highest BCUT2D eigenvalue weighted by Crippen LogP contribution is 2.27. The smallest absolute Gasteiger partial charge is 0.310 e. The highest BCUT2D eigenvalue weighted by Gasteiger charge is 2.13. The maximum atomic E-state index is 12.2. The molecule has 1 amide bonds. The summed E-state index contributed by atoms with van der Waals surface area (Å²) in [6, 6.07) is 13.0. The number of ether oxygens (including phenoxy) is 3. The first kappa shape index (κ1) is 22.5. The minimum Gasteiger partial charge on any atom is -0.493 e. The van der Waals surface area contributed by atoms with E-state index in [1.54, 1.807) is 25.3 Å². The zero-order valence-corrected chi connectivity index (χ0v) is 18.2. The number of hydrogen-bond donors (Lipinski definition) is 1. The van der Waals surface area contributed by atoms with Crippen molar-refractivity contribution in [2.75, 3.05) is 44.1 Å². The predicted molar refractivity (Wildman–Crippen MR) is 120 cm³/mol. The largest absolute Gasteiger partial charge is 0.493 e. The normalized spacial score (nSPS) is 13.8. The van der Waals surface area contributed by atoms with Crippen LogP contribution in [0.15, 0.2) is 42.5 Å². The van der Waals surface area contributed by atoms with Crippen molar-refractivity contribution in [3.05, 3.63) is 48.0 Å². The molecule has 31 heavy (non-hydrogen) atoms. The van der Waals surface area contributed by atoms with E-state index < -0.39 is 5.97 Å². The summed E-state index contributed by atoms with van der Waals surface area (Å²) in [6.45, 7) is 1.81. The Labute approximate surface area is 183 Å². The van der Waals surface area contributed by atoms with Crippen molar-refractivity contribution in [1.29, 1.82) is 0 Å². The molecular formula is C24H30N2O5. The second-order valence-corrected chi connectivity index (χ2v) is 7.52. The van der Waals surface area contributed by atoms with Gasteiger partial charge in [-0.3, -0.25) is 9.59 Å². The highest BCUT2D eigenvalue weighted by molar-refractivity contribution is 5.93. The molecular weight excluding hydrogens is 396 g/mol. The van der Waals surface area contributed by atoms with Crippen LogP contribution in [0.3, 0.4) is 0 Å². The second-order valence-electron chi connectivity index (χ2n) is 7.52. The molecule has 0 aliphatic carbocycles. The third-order valence-corrected chi connectivity index (χ3v) is 5.28. The molecule has 1 aliphatic rings. The van der Waals surface area contributed by atoms with Gasteiger partial charge in [0.1, 0.15) is 0 Å². The molecule has 0 unspecified atom stereocenters. The number of benzene rings is 2. The summed E-state index contributed by atoms with van der Waals surface area (Å²) < 4.78 is 15.5. The van der Waals surface area contributed by atoms with Crippen LogP contribution < -0.4 is 19.7 Å². The van der Waals surface area contributed by atoms with Gasteiger partial charge in [0.15, 0.2) is 18.1 Å². The van der Waals surface area contributed by atoms with Gasteiger partial charge in [-0.15, -0.1) is 0 Å². The number of methoxy groups -OCH3 is 2. The lowest BCUT2D eigenvalue weighted by molar-refractivity contribution is -0.146. The van der Waals surface area contributed by atoms with Crippen LogP contribution in [0.4, 0.5) is 11.4 Å². The topological polar surface area (TPSA) is 77.1 Å². The maximum absolute atomic E-state index is 12.2. The van der Waals surface area contributed by atoms with Crippen molar-refractivity contribution in [1.82, 2.24) is 0 Å². The Morgan fingerprint density at radius 2 is 1.58 bits per heavy atom. The second kappa shape index (κ2) is 11.2. The van der Waals surface area contributed by atoms with Crippen molar-refractivity contribution >= 4 is 23.3 Å². The number of amides is 1. The molecule has 1 heterocycles. The lowest BCUT2D eigenvalue weighted by Gasteiger charge is -2.22. The molecule has 0 bridgehead atoms. The summed E-state index contributed by atoms with van der Waals surface area (Å²) in [7, 11) is 3.08. The molecule has 1 N–H and O–H groups in total. The van der Waals surface area contributed by atoms with E-state index >= 15 is 0 Å². The highest BCUT2D eigenvalue weighted by atomic mass is 16.5. The molecule has 1 fully saturated rings. The first-order valence-electron chi connectivity index (χ1n) is 10.6. The number of hydrogen-bond acceptors (Lipinski definition) is 6. The van der Waals surface area contributed by atoms with Gasteiger partial charge in [-0.2, -0.15) is 0 Å². The molecule has 1 saturated heterocycles. The molecule has 0 aromatic heterocycles. The standard InChI is InChI=1S/C24H30N2O5/c1-29-21-12-7-18(15-22(21)30-2)16-24(28)31-17-23(27)25-19-8-10-20(11-9-19)26-13-5-3-4-6-14-26/h7-12,15H,3-6,13-14,16-17H2,1-2H3,(H,25,27). The molecule has 7 heteroatoms. The van der Waals surface area contributed by atoms with E-state index in [1.165, 1.54) is 38.5 Å². The number of esters is 1. The SMILES string of the molecule is COc1ccc(CC(=O)OCC(=O)Nc2ccc(N3CCCCCC3)cc2)cc1OC. The fourth-order valence-corrected chi connectivity index (χ4v) is 3.64. The van der Waals surface area contributed by atoms with E-state index in [0.717, 1.165) is 13.1 Å². The lowest BCUT2D eigenvalue weighted by Crippen LogP contribution is -2.24. The van der Waals surface area contributed by atoms with E-state index in [-0.39, 0.29) is 18.9 Å². The molecule has 1 aliphatic heterocycles. The third-order valence-electron chi connectivity index (χ3n) is 5.28. The minimum absolute atomic E-state index is 0.0398. The average Bonchev–Trinajstić information content (AvgIpc) is 3.08. The van der Waals surface area contributed by atoms with Gasteiger partial charge in [0, 0.05) is 24.5 Å². The van der Waals surface area contributed by atoms with E-state index in [4.69, 9.17) is 14.2 Å². The van der Waals surface area contributed by atoms with Crippen LogP contribution in [0, 0.1) is 0 Å². The van der Waals surface area contributed by atoms with E-state index in [2.05, 4.69) is 10.2 Å². The Kier molecular flexibility index (Phi) is 8.15. The van der Waals surface area contributed by atoms with Crippen LogP contribution in [0.1, 0.15) is 31.2 Å². The molecule has 0 saturated carbocycles. The number of nitrogens with zero attached hydrogens (tertiary/aromatic N) is 1. The van der Waals surface area contributed by atoms with Gasteiger partial charge in [-0.1, -0.05) is 18.9 Å². The summed E-state index contributed by atoms with van der Waals surface area (Å²) in [6.07, 6.45) is 5.04. The monoisotopic (exact) mass is 426 g/mol. The van der Waals surface area contributed by atoms with Crippen molar-refractivity contribution in [3.8, 4) is 11.5 Å². The van der Waals surface area contributed by atoms with Crippen LogP contribution in [0.25, 0.3) is 0 Å². The van der Waals surface area contributed by atoms with E-state index in [9.17, 15) is 9.59 Å². The minimum atomic E-state index is -0.487. The quantitative estimate of drug-likeness (QED) is 0.647. The van der Waals surface area contributed by atoms with Gasteiger partial charge in [-0.25, -0.2) is 0 Å². The van der Waals surface area contributed by atoms with Gasteiger partial charge in [0.2, 0.25) is 0 Å². The van der Waals surface area contributed by atoms with Gasteiger partial charge in [-0.05, 0) is 54.8 Å². The summed E-state index contributed by atoms with van der Waals surface area (Å²) >= 11 is 0. The molecule has 0 spiro atoms. The average molecular weight is 427 g/mol. The zero-order chi connectivity index (χ0) is 22.1. The molecule has 0 radical (unpaired) electrons. The van der Waals surface area contributed by atoms with Crippen molar-refractivity contribution in [2.24, 2.45) is 0 Å². The third kappa shape index (κ3) is 6.64. The number of anilines is 2. The summed E-state index contributed by atoms with van der Waals surface area (Å²) in [5, 5.41) is 2.77. The van der Waals surface area contributed by atoms with Crippen molar-refractivity contribution in [2.45, 2.75) is 32.1 Å². The first-order valence-corrected chi connectivity index (χ1v) is 10.6. The Bertz CT molecular complexity index is 874. The Hall–Kier alpha value is -3.22. The fourth-order valence-electron chi connectivity index (χ4n) is 3.64. The Morgan fingerprint density at radius 3 is 2.23 bits per heavy atom. The summed E-state index contributed by atoms with van der Waals surface area (Å²) in [4.78, 5) is 26.6. The molecule has 7 nitrogen and oxygen atoms in total. The van der Waals surface area contributed by atoms with Gasteiger partial charge >= 0.3 is 5.97 Å². The zero-order valence-electron chi connectivity index (χ0n) is 18.2. The number of carbonyl (C=O) groups is 2. The van der Waals surface area contributed by atoms with Gasteiger partial charge in [0.05, 0.1) is 20.6 Å². The van der Waals surface area contributed by atoms with Crippen LogP contribution in [-0.2, 0) is 20.7 Å². The van der Waals surface area contributed by atoms with Crippen molar-refractivity contribution < 1.29 is 23.8 Å². The van der Waals surface area contributed by atoms with Crippen LogP contribution in [0.5, 0.6) is 11.5 Å². The van der Waals surface area contributed by atoms with Crippen LogP contribution in [0.2, 0.25) is 0 Å². The summed E-state index contributed by atoms with van der Waals surface area (Å²) in [5.41, 5.74) is 2.56. The van der Waals surface area contributed by atoms with E-state index in [0.29, 0.717) is 22.7 Å². The molecule has 2 aromatic carbocycles. The lowest BCUT2D eigenvalue weighted by atomic mass is 10.1. The fraction of sp³-hybridized carbons (Fsp3) is 0.417. The van der Waals surface area contributed by atoms with Crippen LogP contribution in [-0.4, -0.2) is 45.8 Å². The molecule has 166 valence electrons. The van der Waals surface area contributed by atoms with Crippen molar-refractivity contribution in [3.63, 3.8) is 0 Å². The number of carbonyl (C=O) groups excluding carboxylic acids is 2. The van der Waals surface area contributed by atoms with E-state index in [1.807, 2.05) is 24.3 Å².